The number of nitrogens with zero attached hydrogens (tertiary/aromatic N) is 1. The summed E-state index contributed by atoms with van der Waals surface area (Å²) in [5, 5.41) is 5.55. The van der Waals surface area contributed by atoms with E-state index in [1.807, 2.05) is 30.3 Å². The Balaban J connectivity index is 2.03. The molecule has 1 atom stereocenters. The molecule has 2 rings (SSSR count). The largest absolute Gasteiger partial charge is 0.481 e. The fraction of sp³-hybridized carbons (Fsp3) is 0.235. The molecule has 1 heterocycles. The van der Waals surface area contributed by atoms with E-state index in [1.165, 1.54) is 20.2 Å². The van der Waals surface area contributed by atoms with Gasteiger partial charge in [0.25, 0.3) is 0 Å². The summed E-state index contributed by atoms with van der Waals surface area (Å²) >= 11 is 0. The quantitative estimate of drug-likeness (QED) is 0.857. The number of ether oxygens (including phenoxy) is 1. The summed E-state index contributed by atoms with van der Waals surface area (Å²) in [4.78, 5) is 27.6. The Morgan fingerprint density at radius 3 is 2.48 bits per heavy atom. The van der Waals surface area contributed by atoms with Crippen molar-refractivity contribution in [2.75, 3.05) is 12.4 Å². The number of anilines is 1. The van der Waals surface area contributed by atoms with E-state index >= 15 is 0 Å². The first-order valence-electron chi connectivity index (χ1n) is 7.20. The first-order valence-corrected chi connectivity index (χ1v) is 7.20. The molecule has 0 bridgehead atoms. The van der Waals surface area contributed by atoms with Gasteiger partial charge in [-0.3, -0.25) is 9.59 Å². The van der Waals surface area contributed by atoms with Crippen molar-refractivity contribution in [3.8, 4) is 5.88 Å². The van der Waals surface area contributed by atoms with E-state index in [2.05, 4.69) is 15.6 Å². The first kappa shape index (κ1) is 16.5. The normalized spacial score (nSPS) is 11.4. The van der Waals surface area contributed by atoms with Crippen LogP contribution < -0.4 is 15.4 Å². The SMILES string of the molecule is COc1ccc(NC(=O)C[C@H](NC(C)=O)c2ccccc2)cn1. The summed E-state index contributed by atoms with van der Waals surface area (Å²) in [7, 11) is 1.53. The highest BCUT2D eigenvalue weighted by molar-refractivity contribution is 5.91. The minimum absolute atomic E-state index is 0.135. The smallest absolute Gasteiger partial charge is 0.226 e. The average Bonchev–Trinajstić information content (AvgIpc) is 2.55. The summed E-state index contributed by atoms with van der Waals surface area (Å²) in [6.45, 7) is 1.43. The van der Waals surface area contributed by atoms with Crippen LogP contribution in [0.5, 0.6) is 5.88 Å². The third-order valence-electron chi connectivity index (χ3n) is 3.20. The molecular formula is C17H19N3O3. The van der Waals surface area contributed by atoms with E-state index in [0.29, 0.717) is 11.6 Å². The molecule has 0 saturated heterocycles. The highest BCUT2D eigenvalue weighted by Gasteiger charge is 2.17. The third kappa shape index (κ3) is 5.10. The van der Waals surface area contributed by atoms with Crippen molar-refractivity contribution in [1.29, 1.82) is 0 Å². The molecule has 6 heteroatoms. The van der Waals surface area contributed by atoms with Gasteiger partial charge in [0.05, 0.1) is 31.5 Å². The van der Waals surface area contributed by atoms with Crippen molar-refractivity contribution in [2.24, 2.45) is 0 Å². The molecule has 0 unspecified atom stereocenters. The highest BCUT2D eigenvalue weighted by atomic mass is 16.5. The van der Waals surface area contributed by atoms with Gasteiger partial charge in [0.2, 0.25) is 17.7 Å². The number of hydrogen-bond donors (Lipinski definition) is 2. The molecule has 6 nitrogen and oxygen atoms in total. The first-order chi connectivity index (χ1) is 11.1. The molecule has 120 valence electrons. The molecule has 0 fully saturated rings. The molecular weight excluding hydrogens is 294 g/mol. The lowest BCUT2D eigenvalue weighted by Crippen LogP contribution is -2.29. The van der Waals surface area contributed by atoms with Crippen LogP contribution in [0.25, 0.3) is 0 Å². The molecule has 0 aliphatic carbocycles. The minimum Gasteiger partial charge on any atom is -0.481 e. The maximum absolute atomic E-state index is 12.2. The highest BCUT2D eigenvalue weighted by Crippen LogP contribution is 2.18. The number of aromatic nitrogens is 1. The molecule has 0 saturated carbocycles. The van der Waals surface area contributed by atoms with Crippen LogP contribution >= 0.6 is 0 Å². The van der Waals surface area contributed by atoms with Crippen molar-refractivity contribution < 1.29 is 14.3 Å². The van der Waals surface area contributed by atoms with E-state index in [4.69, 9.17) is 4.74 Å². The van der Waals surface area contributed by atoms with Gasteiger partial charge in [-0.05, 0) is 11.6 Å². The fourth-order valence-electron chi connectivity index (χ4n) is 2.16. The number of carbonyl (C=O) groups excluding carboxylic acids is 2. The van der Waals surface area contributed by atoms with E-state index in [-0.39, 0.29) is 24.3 Å². The van der Waals surface area contributed by atoms with Crippen LogP contribution in [0.4, 0.5) is 5.69 Å². The predicted molar refractivity (Wildman–Crippen MR) is 87.0 cm³/mol. The number of carbonyl (C=O) groups is 2. The van der Waals surface area contributed by atoms with E-state index in [9.17, 15) is 9.59 Å². The maximum atomic E-state index is 12.2. The molecule has 0 spiro atoms. The standard InChI is InChI=1S/C17H19N3O3/c1-12(21)19-15(13-6-4-3-5-7-13)10-16(22)20-14-8-9-17(23-2)18-11-14/h3-9,11,15H,10H2,1-2H3,(H,19,21)(H,20,22)/t15-/m0/s1. The van der Waals surface area contributed by atoms with Crippen molar-refractivity contribution in [3.63, 3.8) is 0 Å². The number of pyridine rings is 1. The maximum Gasteiger partial charge on any atom is 0.226 e. The summed E-state index contributed by atoms with van der Waals surface area (Å²) in [6, 6.07) is 12.4. The number of rotatable bonds is 6. The fourth-order valence-corrected chi connectivity index (χ4v) is 2.16. The Hall–Kier alpha value is -2.89. The second kappa shape index (κ2) is 7.93. The van der Waals surface area contributed by atoms with Crippen LogP contribution in [0, 0.1) is 0 Å². The number of nitrogens with one attached hydrogen (secondary N) is 2. The summed E-state index contributed by atoms with van der Waals surface area (Å²) in [5.74, 6) is 0.0840. The van der Waals surface area contributed by atoms with Gasteiger partial charge in [-0.2, -0.15) is 0 Å². The Bertz CT molecular complexity index is 657. The van der Waals surface area contributed by atoms with Crippen LogP contribution in [0.2, 0.25) is 0 Å². The summed E-state index contributed by atoms with van der Waals surface area (Å²) in [6.07, 6.45) is 1.66. The van der Waals surface area contributed by atoms with Crippen LogP contribution in [-0.2, 0) is 9.59 Å². The van der Waals surface area contributed by atoms with Gasteiger partial charge in [0.1, 0.15) is 0 Å². The van der Waals surface area contributed by atoms with Gasteiger partial charge < -0.3 is 15.4 Å². The average molecular weight is 313 g/mol. The number of methoxy groups -OCH3 is 1. The Labute approximate surface area is 134 Å². The molecule has 23 heavy (non-hydrogen) atoms. The molecule has 0 aliphatic rings. The Morgan fingerprint density at radius 1 is 1.17 bits per heavy atom. The lowest BCUT2D eigenvalue weighted by atomic mass is 10.0. The van der Waals surface area contributed by atoms with E-state index < -0.39 is 0 Å². The van der Waals surface area contributed by atoms with Crippen molar-refractivity contribution in [1.82, 2.24) is 10.3 Å². The lowest BCUT2D eigenvalue weighted by molar-refractivity contribution is -0.120. The van der Waals surface area contributed by atoms with Gasteiger partial charge in [-0.1, -0.05) is 30.3 Å². The van der Waals surface area contributed by atoms with Gasteiger partial charge in [-0.15, -0.1) is 0 Å². The third-order valence-corrected chi connectivity index (χ3v) is 3.20. The molecule has 0 radical (unpaired) electrons. The van der Waals surface area contributed by atoms with E-state index in [0.717, 1.165) is 5.56 Å². The molecule has 0 aliphatic heterocycles. The second-order valence-electron chi connectivity index (χ2n) is 5.01. The minimum atomic E-state index is -0.375. The molecule has 1 aromatic carbocycles. The molecule has 2 aromatic rings. The predicted octanol–water partition coefficient (Wildman–Crippen LogP) is 2.30. The molecule has 2 amide bonds. The summed E-state index contributed by atoms with van der Waals surface area (Å²) < 4.78 is 4.97. The topological polar surface area (TPSA) is 80.3 Å². The zero-order chi connectivity index (χ0) is 16.7. The van der Waals surface area contributed by atoms with Crippen LogP contribution in [0.1, 0.15) is 24.9 Å². The lowest BCUT2D eigenvalue weighted by Gasteiger charge is -2.18. The number of amides is 2. The van der Waals surface area contributed by atoms with Crippen molar-refractivity contribution >= 4 is 17.5 Å². The van der Waals surface area contributed by atoms with Crippen molar-refractivity contribution in [3.05, 3.63) is 54.2 Å². The van der Waals surface area contributed by atoms with Gasteiger partial charge in [0.15, 0.2) is 0 Å². The van der Waals surface area contributed by atoms with Gasteiger partial charge >= 0.3 is 0 Å². The van der Waals surface area contributed by atoms with Crippen LogP contribution in [-0.4, -0.2) is 23.9 Å². The Kier molecular flexibility index (Phi) is 5.68. The van der Waals surface area contributed by atoms with Crippen LogP contribution in [0.15, 0.2) is 48.7 Å². The number of hydrogen-bond acceptors (Lipinski definition) is 4. The zero-order valence-electron chi connectivity index (χ0n) is 13.1. The molecule has 2 N–H and O–H groups in total. The zero-order valence-corrected chi connectivity index (χ0v) is 13.1. The van der Waals surface area contributed by atoms with Gasteiger partial charge in [0, 0.05) is 13.0 Å². The van der Waals surface area contributed by atoms with E-state index in [1.54, 1.807) is 12.1 Å². The van der Waals surface area contributed by atoms with Gasteiger partial charge in [-0.25, -0.2) is 4.98 Å². The summed E-state index contributed by atoms with van der Waals surface area (Å²) in [5.41, 5.74) is 1.45. The second-order valence-corrected chi connectivity index (χ2v) is 5.01. The Morgan fingerprint density at radius 2 is 1.91 bits per heavy atom. The number of benzene rings is 1. The molecule has 1 aromatic heterocycles. The monoisotopic (exact) mass is 313 g/mol. The van der Waals surface area contributed by atoms with Crippen molar-refractivity contribution in [2.45, 2.75) is 19.4 Å². The van der Waals surface area contributed by atoms with Crippen LogP contribution in [0.3, 0.4) is 0 Å².